The Morgan fingerprint density at radius 2 is 1.85 bits per heavy atom. The van der Waals surface area contributed by atoms with Crippen molar-refractivity contribution in [3.63, 3.8) is 0 Å². The summed E-state index contributed by atoms with van der Waals surface area (Å²) in [6, 6.07) is 9.95. The van der Waals surface area contributed by atoms with Crippen molar-refractivity contribution >= 4 is 11.2 Å². The van der Waals surface area contributed by atoms with E-state index in [2.05, 4.69) is 15.9 Å². The van der Waals surface area contributed by atoms with Crippen LogP contribution in [0.25, 0.3) is 11.2 Å². The van der Waals surface area contributed by atoms with Crippen LogP contribution in [0, 0.1) is 12.3 Å². The third kappa shape index (κ3) is 2.08. The van der Waals surface area contributed by atoms with Crippen LogP contribution in [-0.4, -0.2) is 19.1 Å². The minimum absolute atomic E-state index is 0.202. The molecule has 5 heteroatoms. The topological polar surface area (TPSA) is 52.7 Å². The van der Waals surface area contributed by atoms with E-state index in [1.807, 2.05) is 34.9 Å². The van der Waals surface area contributed by atoms with E-state index in [1.54, 1.807) is 6.33 Å². The smallest absolute Gasteiger partial charge is 0.282 e. The Hall–Kier alpha value is -2.87. The van der Waals surface area contributed by atoms with Crippen LogP contribution in [0.3, 0.4) is 0 Å². The van der Waals surface area contributed by atoms with Crippen LogP contribution in [0.2, 0.25) is 0 Å². The molecule has 0 bridgehead atoms. The number of aromatic nitrogens is 4. The van der Waals surface area contributed by atoms with Gasteiger partial charge >= 0.3 is 0 Å². The lowest BCUT2D eigenvalue weighted by Gasteiger charge is -2.04. The lowest BCUT2D eigenvalue weighted by molar-refractivity contribution is 0.768. The van der Waals surface area contributed by atoms with Crippen molar-refractivity contribution in [2.75, 3.05) is 0 Å². The average molecular weight is 264 g/mol. The summed E-state index contributed by atoms with van der Waals surface area (Å²) in [7, 11) is 0. The zero-order chi connectivity index (χ0) is 13.9. The molecule has 0 saturated heterocycles. The van der Waals surface area contributed by atoms with Crippen LogP contribution in [0.5, 0.6) is 0 Å². The van der Waals surface area contributed by atoms with E-state index in [9.17, 15) is 4.79 Å². The summed E-state index contributed by atoms with van der Waals surface area (Å²) in [6.07, 6.45) is 8.31. The van der Waals surface area contributed by atoms with Gasteiger partial charge in [0.15, 0.2) is 11.2 Å². The standard InChI is InChI=1S/C15H12N4O/c1-2-8-18-11-17-14-13(15(18)20)16-10-19(14)9-12-6-4-3-5-7-12/h1,3-7,10-11H,8-9H2. The molecule has 0 unspecified atom stereocenters. The average Bonchev–Trinajstić information content (AvgIpc) is 2.87. The van der Waals surface area contributed by atoms with E-state index >= 15 is 0 Å². The summed E-state index contributed by atoms with van der Waals surface area (Å²) in [5.41, 5.74) is 1.84. The Kier molecular flexibility index (Phi) is 3.05. The summed E-state index contributed by atoms with van der Waals surface area (Å²) in [4.78, 5) is 20.6. The van der Waals surface area contributed by atoms with Gasteiger partial charge in [-0.15, -0.1) is 6.42 Å². The number of hydrogen-bond acceptors (Lipinski definition) is 3. The molecule has 0 saturated carbocycles. The molecule has 0 atom stereocenters. The maximum atomic E-state index is 12.1. The van der Waals surface area contributed by atoms with Gasteiger partial charge in [0.25, 0.3) is 5.56 Å². The van der Waals surface area contributed by atoms with Crippen molar-refractivity contribution in [2.45, 2.75) is 13.1 Å². The molecule has 5 nitrogen and oxygen atoms in total. The number of nitrogens with zero attached hydrogens (tertiary/aromatic N) is 4. The summed E-state index contributed by atoms with van der Waals surface area (Å²) >= 11 is 0. The lowest BCUT2D eigenvalue weighted by atomic mass is 10.2. The number of rotatable bonds is 3. The number of terminal acetylenes is 1. The molecule has 1 aromatic carbocycles. The molecular weight excluding hydrogens is 252 g/mol. The predicted molar refractivity (Wildman–Crippen MR) is 76.2 cm³/mol. The van der Waals surface area contributed by atoms with Gasteiger partial charge in [-0.05, 0) is 5.56 Å². The molecule has 0 fully saturated rings. The van der Waals surface area contributed by atoms with E-state index in [4.69, 9.17) is 6.42 Å². The zero-order valence-electron chi connectivity index (χ0n) is 10.7. The predicted octanol–water partition coefficient (Wildman–Crippen LogP) is 1.27. The highest BCUT2D eigenvalue weighted by Crippen LogP contribution is 2.08. The molecule has 0 aliphatic carbocycles. The van der Waals surface area contributed by atoms with Crippen molar-refractivity contribution in [1.29, 1.82) is 0 Å². The number of imidazole rings is 1. The fraction of sp³-hybridized carbons (Fsp3) is 0.133. The van der Waals surface area contributed by atoms with E-state index in [1.165, 1.54) is 10.9 Å². The molecule has 3 rings (SSSR count). The maximum Gasteiger partial charge on any atom is 0.282 e. The minimum Gasteiger partial charge on any atom is -0.311 e. The zero-order valence-corrected chi connectivity index (χ0v) is 10.7. The van der Waals surface area contributed by atoms with Crippen LogP contribution >= 0.6 is 0 Å². The van der Waals surface area contributed by atoms with Crippen molar-refractivity contribution in [2.24, 2.45) is 0 Å². The van der Waals surface area contributed by atoms with E-state index in [0.29, 0.717) is 17.7 Å². The van der Waals surface area contributed by atoms with Gasteiger partial charge in [0.2, 0.25) is 0 Å². The van der Waals surface area contributed by atoms with Gasteiger partial charge in [0.05, 0.1) is 19.4 Å². The lowest BCUT2D eigenvalue weighted by Crippen LogP contribution is -2.20. The van der Waals surface area contributed by atoms with Gasteiger partial charge < -0.3 is 4.57 Å². The second-order valence-corrected chi connectivity index (χ2v) is 4.41. The van der Waals surface area contributed by atoms with E-state index in [0.717, 1.165) is 5.56 Å². The van der Waals surface area contributed by atoms with E-state index < -0.39 is 0 Å². The van der Waals surface area contributed by atoms with Crippen LogP contribution in [0.1, 0.15) is 5.56 Å². The van der Waals surface area contributed by atoms with Crippen molar-refractivity contribution < 1.29 is 0 Å². The molecule has 3 aromatic rings. The fourth-order valence-electron chi connectivity index (χ4n) is 2.08. The van der Waals surface area contributed by atoms with E-state index in [-0.39, 0.29) is 12.1 Å². The molecule has 20 heavy (non-hydrogen) atoms. The molecule has 0 amide bonds. The molecule has 2 heterocycles. The largest absolute Gasteiger partial charge is 0.311 e. The third-order valence-electron chi connectivity index (χ3n) is 3.05. The van der Waals surface area contributed by atoms with Crippen molar-refractivity contribution in [3.8, 4) is 12.3 Å². The SMILES string of the molecule is C#CCn1cnc2c(ncn2Cc2ccccc2)c1=O. The van der Waals surface area contributed by atoms with Crippen molar-refractivity contribution in [1.82, 2.24) is 19.1 Å². The summed E-state index contributed by atoms with van der Waals surface area (Å²) in [5, 5.41) is 0. The van der Waals surface area contributed by atoms with Crippen LogP contribution in [-0.2, 0) is 13.1 Å². The highest BCUT2D eigenvalue weighted by atomic mass is 16.1. The highest BCUT2D eigenvalue weighted by Gasteiger charge is 2.09. The van der Waals surface area contributed by atoms with Crippen LogP contribution in [0.15, 0.2) is 47.8 Å². The number of hydrogen-bond donors (Lipinski definition) is 0. The quantitative estimate of drug-likeness (QED) is 0.669. The van der Waals surface area contributed by atoms with Gasteiger partial charge in [0, 0.05) is 0 Å². The van der Waals surface area contributed by atoms with Crippen LogP contribution < -0.4 is 5.56 Å². The maximum absolute atomic E-state index is 12.1. The van der Waals surface area contributed by atoms with Gasteiger partial charge in [-0.25, -0.2) is 9.97 Å². The summed E-state index contributed by atoms with van der Waals surface area (Å²) < 4.78 is 3.23. The normalized spacial score (nSPS) is 10.6. The van der Waals surface area contributed by atoms with Crippen molar-refractivity contribution in [3.05, 3.63) is 58.9 Å². The first-order valence-corrected chi connectivity index (χ1v) is 6.17. The van der Waals surface area contributed by atoms with Gasteiger partial charge in [-0.1, -0.05) is 36.3 Å². The molecule has 0 radical (unpaired) electrons. The van der Waals surface area contributed by atoms with Gasteiger partial charge in [-0.3, -0.25) is 9.36 Å². The first-order valence-electron chi connectivity index (χ1n) is 6.17. The molecule has 98 valence electrons. The van der Waals surface area contributed by atoms with Crippen LogP contribution in [0.4, 0.5) is 0 Å². The Morgan fingerprint density at radius 1 is 1.10 bits per heavy atom. The summed E-state index contributed by atoms with van der Waals surface area (Å²) in [6.45, 7) is 0.830. The first kappa shape index (κ1) is 12.2. The molecule has 2 aromatic heterocycles. The Morgan fingerprint density at radius 3 is 2.60 bits per heavy atom. The molecular formula is C15H12N4O. The summed E-state index contributed by atoms with van der Waals surface area (Å²) in [5.74, 6) is 2.42. The second-order valence-electron chi connectivity index (χ2n) is 4.41. The molecule has 0 spiro atoms. The number of fused-ring (bicyclic) bond motifs is 1. The van der Waals surface area contributed by atoms with Gasteiger partial charge in [0.1, 0.15) is 6.33 Å². The van der Waals surface area contributed by atoms with Gasteiger partial charge in [-0.2, -0.15) is 0 Å². The fourth-order valence-corrected chi connectivity index (χ4v) is 2.08. The molecule has 0 aliphatic rings. The second kappa shape index (κ2) is 5.02. The third-order valence-corrected chi connectivity index (χ3v) is 3.05. The Labute approximate surface area is 115 Å². The number of benzene rings is 1. The Balaban J connectivity index is 2.05. The first-order chi connectivity index (χ1) is 9.79. The minimum atomic E-state index is -0.209. The molecule has 0 N–H and O–H groups in total. The highest BCUT2D eigenvalue weighted by molar-refractivity contribution is 5.69. The Bertz CT molecular complexity index is 840. The monoisotopic (exact) mass is 264 g/mol. The molecule has 0 aliphatic heterocycles.